The van der Waals surface area contributed by atoms with E-state index in [9.17, 15) is 24.0 Å². The first-order chi connectivity index (χ1) is 15.4. The Morgan fingerprint density at radius 3 is 1.85 bits per heavy atom. The van der Waals surface area contributed by atoms with Crippen LogP contribution in [-0.2, 0) is 24.0 Å². The molecule has 0 aliphatic carbocycles. The summed E-state index contributed by atoms with van der Waals surface area (Å²) >= 11 is 3.89. The number of carboxylic acid groups (broad SMARTS) is 1. The molecule has 0 fully saturated rings. The summed E-state index contributed by atoms with van der Waals surface area (Å²) in [6.45, 7) is 4.23. The number of primary amides is 1. The predicted octanol–water partition coefficient (Wildman–Crippen LogP) is -1.78. The number of hydrogen-bond acceptors (Lipinski definition) is 8. The van der Waals surface area contributed by atoms with Crippen LogP contribution in [0.2, 0.25) is 0 Å². The van der Waals surface area contributed by atoms with Crippen molar-refractivity contribution in [2.75, 3.05) is 12.3 Å². The average Bonchev–Trinajstić information content (AvgIpc) is 2.72. The fraction of sp³-hybridized carbons (Fsp3) is 0.750. The molecule has 33 heavy (non-hydrogen) atoms. The highest BCUT2D eigenvalue weighted by molar-refractivity contribution is 7.80. The van der Waals surface area contributed by atoms with Crippen LogP contribution in [0.5, 0.6) is 0 Å². The summed E-state index contributed by atoms with van der Waals surface area (Å²) in [4.78, 5) is 60.4. The summed E-state index contributed by atoms with van der Waals surface area (Å²) in [5.41, 5.74) is 16.6. The lowest BCUT2D eigenvalue weighted by Crippen LogP contribution is -2.57. The molecule has 10 N–H and O–H groups in total. The first-order valence-corrected chi connectivity index (χ1v) is 11.5. The van der Waals surface area contributed by atoms with Gasteiger partial charge in [-0.3, -0.25) is 19.2 Å². The molecule has 0 aromatic rings. The summed E-state index contributed by atoms with van der Waals surface area (Å²) in [5.74, 6) is -3.98. The second-order valence-electron chi connectivity index (χ2n) is 8.23. The Morgan fingerprint density at radius 1 is 0.879 bits per heavy atom. The van der Waals surface area contributed by atoms with E-state index in [-0.39, 0.29) is 30.9 Å². The van der Waals surface area contributed by atoms with Crippen molar-refractivity contribution in [3.63, 3.8) is 0 Å². The molecule has 13 heteroatoms. The maximum atomic E-state index is 12.9. The molecule has 0 heterocycles. The Hall–Kier alpha value is -2.38. The Labute approximate surface area is 199 Å². The third-order valence-corrected chi connectivity index (χ3v) is 5.12. The Kier molecular flexibility index (Phi) is 15.1. The molecule has 0 spiro atoms. The van der Waals surface area contributed by atoms with E-state index < -0.39 is 53.8 Å². The van der Waals surface area contributed by atoms with E-state index >= 15 is 0 Å². The van der Waals surface area contributed by atoms with E-state index in [0.29, 0.717) is 25.8 Å². The van der Waals surface area contributed by atoms with Gasteiger partial charge < -0.3 is 38.3 Å². The average molecular weight is 491 g/mol. The van der Waals surface area contributed by atoms with Crippen molar-refractivity contribution in [3.8, 4) is 0 Å². The van der Waals surface area contributed by atoms with Gasteiger partial charge in [-0.05, 0) is 44.6 Å². The quantitative estimate of drug-likeness (QED) is 0.0858. The monoisotopic (exact) mass is 490 g/mol. The van der Waals surface area contributed by atoms with E-state index in [0.717, 1.165) is 0 Å². The number of hydrogen-bond donors (Lipinski definition) is 8. The van der Waals surface area contributed by atoms with Gasteiger partial charge in [-0.25, -0.2) is 4.79 Å². The lowest BCUT2D eigenvalue weighted by molar-refractivity contribution is -0.141. The molecular formula is C20H38N6O6S. The second-order valence-corrected chi connectivity index (χ2v) is 8.59. The number of unbranched alkanes of at least 4 members (excludes halogenated alkanes) is 1. The molecule has 4 atom stereocenters. The highest BCUT2D eigenvalue weighted by Gasteiger charge is 2.30. The molecule has 0 saturated heterocycles. The van der Waals surface area contributed by atoms with Crippen LogP contribution in [0.3, 0.4) is 0 Å². The van der Waals surface area contributed by atoms with E-state index in [1.165, 1.54) is 0 Å². The number of carboxylic acids is 1. The molecule has 4 unspecified atom stereocenters. The van der Waals surface area contributed by atoms with Crippen LogP contribution >= 0.6 is 12.6 Å². The van der Waals surface area contributed by atoms with Gasteiger partial charge in [0, 0.05) is 12.2 Å². The van der Waals surface area contributed by atoms with Gasteiger partial charge in [0.2, 0.25) is 23.6 Å². The molecule has 0 rings (SSSR count). The van der Waals surface area contributed by atoms with Gasteiger partial charge in [0.15, 0.2) is 0 Å². The van der Waals surface area contributed by atoms with Gasteiger partial charge in [-0.15, -0.1) is 0 Å². The van der Waals surface area contributed by atoms with Crippen LogP contribution in [0.15, 0.2) is 0 Å². The van der Waals surface area contributed by atoms with E-state index in [1.54, 1.807) is 0 Å². The minimum atomic E-state index is -1.30. The van der Waals surface area contributed by atoms with Crippen LogP contribution in [0, 0.1) is 5.92 Å². The first-order valence-electron chi connectivity index (χ1n) is 10.9. The van der Waals surface area contributed by atoms with Gasteiger partial charge in [0.05, 0.1) is 6.04 Å². The molecule has 12 nitrogen and oxygen atoms in total. The lowest BCUT2D eigenvalue weighted by atomic mass is 10.0. The Bertz CT molecular complexity index is 677. The molecule has 0 radical (unpaired) electrons. The molecule has 0 aliphatic rings. The number of nitrogens with one attached hydrogen (secondary N) is 3. The van der Waals surface area contributed by atoms with E-state index in [1.807, 2.05) is 13.8 Å². The SMILES string of the molecule is CC(C)CC(N)C(=O)NC(CCCCN)C(=O)NC(CCC(N)=O)C(=O)NC(CS)C(=O)O. The topological polar surface area (TPSA) is 220 Å². The zero-order valence-corrected chi connectivity index (χ0v) is 20.1. The lowest BCUT2D eigenvalue weighted by Gasteiger charge is -2.25. The highest BCUT2D eigenvalue weighted by Crippen LogP contribution is 2.07. The maximum Gasteiger partial charge on any atom is 0.327 e. The zero-order chi connectivity index (χ0) is 25.6. The third kappa shape index (κ3) is 13.0. The largest absolute Gasteiger partial charge is 0.480 e. The third-order valence-electron chi connectivity index (χ3n) is 4.75. The minimum Gasteiger partial charge on any atom is -0.480 e. The van der Waals surface area contributed by atoms with Crippen molar-refractivity contribution >= 4 is 42.2 Å². The number of rotatable bonds is 17. The predicted molar refractivity (Wildman–Crippen MR) is 126 cm³/mol. The molecule has 0 bridgehead atoms. The van der Waals surface area contributed by atoms with Gasteiger partial charge >= 0.3 is 5.97 Å². The fourth-order valence-corrected chi connectivity index (χ4v) is 3.19. The van der Waals surface area contributed by atoms with Crippen molar-refractivity contribution in [2.45, 2.75) is 76.5 Å². The van der Waals surface area contributed by atoms with Crippen molar-refractivity contribution in [1.82, 2.24) is 16.0 Å². The number of aliphatic carboxylic acids is 1. The zero-order valence-electron chi connectivity index (χ0n) is 19.2. The molecule has 190 valence electrons. The van der Waals surface area contributed by atoms with Crippen LogP contribution in [-0.4, -0.2) is 71.2 Å². The van der Waals surface area contributed by atoms with Gasteiger partial charge in [-0.1, -0.05) is 13.8 Å². The number of nitrogens with two attached hydrogens (primary N) is 3. The molecule has 0 aromatic carbocycles. The summed E-state index contributed by atoms with van der Waals surface area (Å²) in [6, 6.07) is -4.34. The van der Waals surface area contributed by atoms with Gasteiger partial charge in [-0.2, -0.15) is 12.6 Å². The van der Waals surface area contributed by atoms with Gasteiger partial charge in [0.1, 0.15) is 18.1 Å². The number of thiol groups is 1. The van der Waals surface area contributed by atoms with Crippen LogP contribution in [0.1, 0.15) is 52.4 Å². The van der Waals surface area contributed by atoms with Gasteiger partial charge in [0.25, 0.3) is 0 Å². The van der Waals surface area contributed by atoms with Crippen molar-refractivity contribution in [2.24, 2.45) is 23.1 Å². The van der Waals surface area contributed by atoms with Crippen LogP contribution < -0.4 is 33.2 Å². The molecular weight excluding hydrogens is 452 g/mol. The number of carbonyl (C=O) groups is 5. The molecule has 0 aliphatic heterocycles. The van der Waals surface area contributed by atoms with E-state index in [2.05, 4.69) is 28.6 Å². The second kappa shape index (κ2) is 16.3. The van der Waals surface area contributed by atoms with Crippen molar-refractivity contribution < 1.29 is 29.1 Å². The summed E-state index contributed by atoms with van der Waals surface area (Å²) in [5, 5.41) is 16.5. The minimum absolute atomic E-state index is 0.151. The Morgan fingerprint density at radius 2 is 1.39 bits per heavy atom. The first kappa shape index (κ1) is 30.6. The van der Waals surface area contributed by atoms with Crippen LogP contribution in [0.4, 0.5) is 0 Å². The van der Waals surface area contributed by atoms with Crippen molar-refractivity contribution in [1.29, 1.82) is 0 Å². The van der Waals surface area contributed by atoms with E-state index in [4.69, 9.17) is 22.3 Å². The number of amides is 4. The highest BCUT2D eigenvalue weighted by atomic mass is 32.1. The Balaban J connectivity index is 5.47. The standard InChI is InChI=1S/C20H38N6O6S/c1-11(2)9-12(22)17(28)24-13(5-3-4-8-21)18(29)25-14(6-7-16(23)27)19(30)26-15(10-33)20(31)32/h11-15,33H,3-10,21-22H2,1-2H3,(H2,23,27)(H,24,28)(H,25,29)(H,26,30)(H,31,32). The maximum absolute atomic E-state index is 12.9. The summed E-state index contributed by atoms with van der Waals surface area (Å²) in [6.07, 6.45) is 1.45. The summed E-state index contributed by atoms with van der Waals surface area (Å²) < 4.78 is 0. The van der Waals surface area contributed by atoms with Crippen LogP contribution in [0.25, 0.3) is 0 Å². The smallest absolute Gasteiger partial charge is 0.327 e. The molecule has 0 aromatic heterocycles. The molecule has 0 saturated carbocycles. The normalized spacial score (nSPS) is 14.6. The molecule has 4 amide bonds. The fourth-order valence-electron chi connectivity index (χ4n) is 2.94. The summed E-state index contributed by atoms with van der Waals surface area (Å²) in [7, 11) is 0. The number of carbonyl (C=O) groups excluding carboxylic acids is 4. The van der Waals surface area contributed by atoms with Crippen molar-refractivity contribution in [3.05, 3.63) is 0 Å².